The molecule has 0 radical (unpaired) electrons. The summed E-state index contributed by atoms with van der Waals surface area (Å²) in [7, 11) is -1.75. The fourth-order valence-corrected chi connectivity index (χ4v) is 3.10. The molecule has 0 aromatic heterocycles. The molecule has 1 fully saturated rings. The van der Waals surface area contributed by atoms with Crippen molar-refractivity contribution in [2.75, 3.05) is 13.2 Å². The van der Waals surface area contributed by atoms with Gasteiger partial charge in [0.25, 0.3) is 0 Å². The molecule has 1 rings (SSSR count). The summed E-state index contributed by atoms with van der Waals surface area (Å²) >= 11 is 0. The lowest BCUT2D eigenvalue weighted by atomic mass is 10.4. The molecule has 0 saturated heterocycles. The van der Waals surface area contributed by atoms with Crippen molar-refractivity contribution in [1.82, 2.24) is 0 Å². The number of hydrogen-bond acceptors (Lipinski definition) is 2. The third-order valence-electron chi connectivity index (χ3n) is 2.56. The van der Waals surface area contributed by atoms with Gasteiger partial charge < -0.3 is 8.85 Å². The van der Waals surface area contributed by atoms with Crippen molar-refractivity contribution >= 4 is 8.56 Å². The monoisotopic (exact) mass is 246 g/mol. The Morgan fingerprint density at radius 2 is 1.06 bits per heavy atom. The topological polar surface area (TPSA) is 18.5 Å². The lowest BCUT2D eigenvalue weighted by Gasteiger charge is -2.21. The minimum Gasteiger partial charge on any atom is -0.395 e. The molecule has 1 saturated carbocycles. The Bertz CT molecular complexity index is 127. The van der Waals surface area contributed by atoms with Crippen molar-refractivity contribution < 1.29 is 8.85 Å². The third-order valence-corrected chi connectivity index (χ3v) is 4.36. The van der Waals surface area contributed by atoms with Crippen molar-refractivity contribution in [2.45, 2.75) is 71.9 Å². The smallest absolute Gasteiger partial charge is 0.331 e. The summed E-state index contributed by atoms with van der Waals surface area (Å²) in [4.78, 5) is 0. The molecule has 0 unspecified atom stereocenters. The summed E-state index contributed by atoms with van der Waals surface area (Å²) in [6.45, 7) is 10.1. The van der Waals surface area contributed by atoms with Gasteiger partial charge in [-0.25, -0.2) is 0 Å². The molecule has 0 aromatic carbocycles. The van der Waals surface area contributed by atoms with Crippen molar-refractivity contribution in [3.05, 3.63) is 0 Å². The van der Waals surface area contributed by atoms with E-state index in [1.165, 1.54) is 32.1 Å². The maximum atomic E-state index is 5.60. The summed E-state index contributed by atoms with van der Waals surface area (Å²) in [6, 6.07) is 0. The minimum absolute atomic E-state index is 0.836. The van der Waals surface area contributed by atoms with Crippen LogP contribution >= 0.6 is 0 Å². The van der Waals surface area contributed by atoms with Crippen LogP contribution in [-0.4, -0.2) is 21.8 Å². The third kappa shape index (κ3) is 10.6. The zero-order valence-corrected chi connectivity index (χ0v) is 12.7. The van der Waals surface area contributed by atoms with E-state index in [1.54, 1.807) is 0 Å². The molecule has 0 aliphatic heterocycles. The van der Waals surface area contributed by atoms with Gasteiger partial charge in [0.05, 0.1) is 0 Å². The van der Waals surface area contributed by atoms with Crippen LogP contribution in [0.25, 0.3) is 0 Å². The highest BCUT2D eigenvalue weighted by atomic mass is 28.4. The number of hydrogen-bond donors (Lipinski definition) is 0. The Hall–Kier alpha value is 0.137. The standard InChI is InChI=1S/C8H20O2Si.C5H10/c1-5-7-9-11(3,4)10-8-6-2;1-2-4-5-3-1/h5-8H2,1-4H3;1-5H2. The average Bonchev–Trinajstić information content (AvgIpc) is 2.82. The predicted molar refractivity (Wildman–Crippen MR) is 73.1 cm³/mol. The van der Waals surface area contributed by atoms with Gasteiger partial charge >= 0.3 is 8.56 Å². The fraction of sp³-hybridized carbons (Fsp3) is 1.00. The zero-order chi connectivity index (χ0) is 12.3. The number of rotatable bonds is 6. The van der Waals surface area contributed by atoms with Gasteiger partial charge in [0.15, 0.2) is 0 Å². The van der Waals surface area contributed by atoms with Crippen molar-refractivity contribution in [3.63, 3.8) is 0 Å². The van der Waals surface area contributed by atoms with Crippen LogP contribution in [0.1, 0.15) is 58.8 Å². The normalized spacial score (nSPS) is 15.8. The van der Waals surface area contributed by atoms with E-state index < -0.39 is 8.56 Å². The van der Waals surface area contributed by atoms with Gasteiger partial charge in [0, 0.05) is 13.2 Å². The first-order valence-corrected chi connectivity index (χ1v) is 9.72. The van der Waals surface area contributed by atoms with Crippen LogP contribution in [0.5, 0.6) is 0 Å². The molecule has 98 valence electrons. The SMILES string of the molecule is C1CCCC1.CCCO[Si](C)(C)OCCC. The second-order valence-corrected chi connectivity index (χ2v) is 8.24. The van der Waals surface area contributed by atoms with E-state index in [2.05, 4.69) is 26.9 Å². The second kappa shape index (κ2) is 10.3. The first kappa shape index (κ1) is 16.1. The molecular formula is C13H30O2Si. The van der Waals surface area contributed by atoms with E-state index in [-0.39, 0.29) is 0 Å². The van der Waals surface area contributed by atoms with Crippen LogP contribution in [0.15, 0.2) is 0 Å². The highest BCUT2D eigenvalue weighted by molar-refractivity contribution is 6.64. The van der Waals surface area contributed by atoms with Gasteiger partial charge in [-0.1, -0.05) is 46.0 Å². The summed E-state index contributed by atoms with van der Waals surface area (Å²) in [5.74, 6) is 0. The van der Waals surface area contributed by atoms with E-state index in [9.17, 15) is 0 Å². The fourth-order valence-electron chi connectivity index (χ4n) is 1.62. The Morgan fingerprint density at radius 1 is 0.750 bits per heavy atom. The molecule has 3 heteroatoms. The molecule has 0 aromatic rings. The second-order valence-electron chi connectivity index (χ2n) is 4.86. The molecule has 0 bridgehead atoms. The molecular weight excluding hydrogens is 216 g/mol. The Balaban J connectivity index is 0.000000368. The van der Waals surface area contributed by atoms with Gasteiger partial charge in [0.1, 0.15) is 0 Å². The Kier molecular flexibility index (Phi) is 10.4. The molecule has 0 spiro atoms. The lowest BCUT2D eigenvalue weighted by molar-refractivity contribution is 0.179. The van der Waals surface area contributed by atoms with Crippen LogP contribution in [0.2, 0.25) is 13.1 Å². The van der Waals surface area contributed by atoms with Gasteiger partial charge in [-0.15, -0.1) is 0 Å². The highest BCUT2D eigenvalue weighted by Crippen LogP contribution is 2.15. The van der Waals surface area contributed by atoms with E-state index in [1.807, 2.05) is 0 Å². The minimum atomic E-state index is -1.75. The quantitative estimate of drug-likeness (QED) is 0.643. The largest absolute Gasteiger partial charge is 0.395 e. The maximum absolute atomic E-state index is 5.60. The first-order chi connectivity index (χ1) is 7.62. The predicted octanol–water partition coefficient (Wildman–Crippen LogP) is 4.49. The van der Waals surface area contributed by atoms with E-state index >= 15 is 0 Å². The average molecular weight is 246 g/mol. The van der Waals surface area contributed by atoms with E-state index in [0.29, 0.717) is 0 Å². The molecule has 0 N–H and O–H groups in total. The van der Waals surface area contributed by atoms with Gasteiger partial charge in [-0.2, -0.15) is 0 Å². The van der Waals surface area contributed by atoms with Crippen LogP contribution < -0.4 is 0 Å². The highest BCUT2D eigenvalue weighted by Gasteiger charge is 2.23. The Morgan fingerprint density at radius 3 is 1.31 bits per heavy atom. The van der Waals surface area contributed by atoms with Crippen molar-refractivity contribution in [2.24, 2.45) is 0 Å². The zero-order valence-electron chi connectivity index (χ0n) is 11.7. The molecule has 2 nitrogen and oxygen atoms in total. The Labute approximate surface area is 103 Å². The van der Waals surface area contributed by atoms with Gasteiger partial charge in [-0.3, -0.25) is 0 Å². The molecule has 0 atom stereocenters. The summed E-state index contributed by atoms with van der Waals surface area (Å²) in [5, 5.41) is 0. The van der Waals surface area contributed by atoms with E-state index in [4.69, 9.17) is 8.85 Å². The van der Waals surface area contributed by atoms with Gasteiger partial charge in [0.2, 0.25) is 0 Å². The lowest BCUT2D eigenvalue weighted by Crippen LogP contribution is -2.35. The summed E-state index contributed by atoms with van der Waals surface area (Å²) in [6.07, 6.45) is 9.65. The van der Waals surface area contributed by atoms with Crippen LogP contribution in [0, 0.1) is 0 Å². The molecule has 0 heterocycles. The van der Waals surface area contributed by atoms with Crippen LogP contribution in [0.4, 0.5) is 0 Å². The van der Waals surface area contributed by atoms with Gasteiger partial charge in [-0.05, 0) is 25.9 Å². The van der Waals surface area contributed by atoms with Crippen molar-refractivity contribution in [1.29, 1.82) is 0 Å². The van der Waals surface area contributed by atoms with Crippen LogP contribution in [0.3, 0.4) is 0 Å². The summed E-state index contributed by atoms with van der Waals surface area (Å²) < 4.78 is 11.2. The molecule has 16 heavy (non-hydrogen) atoms. The van der Waals surface area contributed by atoms with Crippen molar-refractivity contribution in [3.8, 4) is 0 Å². The maximum Gasteiger partial charge on any atom is 0.331 e. The van der Waals surface area contributed by atoms with E-state index in [0.717, 1.165) is 26.1 Å². The molecule has 1 aliphatic rings. The molecule has 1 aliphatic carbocycles. The first-order valence-electron chi connectivity index (χ1n) is 6.90. The molecule has 0 amide bonds. The summed E-state index contributed by atoms with van der Waals surface area (Å²) in [5.41, 5.74) is 0. The van der Waals surface area contributed by atoms with Crippen LogP contribution in [-0.2, 0) is 8.85 Å².